The second-order valence-corrected chi connectivity index (χ2v) is 6.13. The summed E-state index contributed by atoms with van der Waals surface area (Å²) in [6, 6.07) is 18.9. The van der Waals surface area contributed by atoms with E-state index in [4.69, 9.17) is 10.8 Å². The fourth-order valence-electron chi connectivity index (χ4n) is 2.90. The van der Waals surface area contributed by atoms with Crippen LogP contribution in [0.25, 0.3) is 0 Å². The number of carbonyl (C=O) groups is 2. The lowest BCUT2D eigenvalue weighted by molar-refractivity contribution is -0.138. The zero-order valence-corrected chi connectivity index (χ0v) is 14.4. The van der Waals surface area contributed by atoms with Gasteiger partial charge in [0.15, 0.2) is 0 Å². The number of aliphatic carboxylic acids is 2. The molecule has 0 radical (unpaired) electrons. The van der Waals surface area contributed by atoms with Gasteiger partial charge in [0, 0.05) is 17.9 Å². The minimum atomic E-state index is -1.21. The van der Waals surface area contributed by atoms with Gasteiger partial charge in [-0.05, 0) is 24.0 Å². The highest BCUT2D eigenvalue weighted by molar-refractivity contribution is 5.88. The minimum absolute atomic E-state index is 0.0415. The van der Waals surface area contributed by atoms with Gasteiger partial charge < -0.3 is 15.9 Å². The monoisotopic (exact) mass is 353 g/mol. The van der Waals surface area contributed by atoms with E-state index >= 15 is 0 Å². The van der Waals surface area contributed by atoms with Crippen LogP contribution in [0.2, 0.25) is 0 Å². The fraction of sp³-hybridized carbons (Fsp3) is 0.238. The topological polar surface area (TPSA) is 101 Å². The van der Waals surface area contributed by atoms with Crippen LogP contribution in [0.5, 0.6) is 0 Å². The average Bonchev–Trinajstić information content (AvgIpc) is 2.65. The summed E-state index contributed by atoms with van der Waals surface area (Å²) < 4.78 is 0. The SMILES string of the molecule is N[C@@H](C/C(=C/CCC(c1ccccc1)c1ccccc1)C(=O)O)C(=O)O. The quantitative estimate of drug-likeness (QED) is 0.600. The summed E-state index contributed by atoms with van der Waals surface area (Å²) in [7, 11) is 0. The van der Waals surface area contributed by atoms with E-state index in [0.29, 0.717) is 12.8 Å². The van der Waals surface area contributed by atoms with E-state index in [9.17, 15) is 14.7 Å². The van der Waals surface area contributed by atoms with Crippen molar-refractivity contribution < 1.29 is 19.8 Å². The first-order valence-electron chi connectivity index (χ1n) is 8.49. The van der Waals surface area contributed by atoms with E-state index in [1.807, 2.05) is 36.4 Å². The van der Waals surface area contributed by atoms with Crippen LogP contribution in [-0.4, -0.2) is 28.2 Å². The van der Waals surface area contributed by atoms with Gasteiger partial charge in [0.2, 0.25) is 0 Å². The van der Waals surface area contributed by atoms with Gasteiger partial charge in [0.1, 0.15) is 6.04 Å². The Balaban J connectivity index is 2.15. The molecule has 136 valence electrons. The Morgan fingerprint density at radius 1 is 0.923 bits per heavy atom. The lowest BCUT2D eigenvalue weighted by atomic mass is 9.87. The van der Waals surface area contributed by atoms with Crippen molar-refractivity contribution in [1.82, 2.24) is 0 Å². The van der Waals surface area contributed by atoms with Gasteiger partial charge >= 0.3 is 11.9 Å². The summed E-state index contributed by atoms with van der Waals surface area (Å²) in [5.41, 5.74) is 7.82. The molecule has 0 spiro atoms. The number of allylic oxidation sites excluding steroid dienone is 1. The molecule has 2 aromatic rings. The number of hydrogen-bond donors (Lipinski definition) is 3. The summed E-state index contributed by atoms with van der Waals surface area (Å²) in [5.74, 6) is -2.20. The van der Waals surface area contributed by atoms with E-state index in [2.05, 4.69) is 24.3 Å². The molecular weight excluding hydrogens is 330 g/mol. The van der Waals surface area contributed by atoms with Crippen molar-refractivity contribution in [3.05, 3.63) is 83.4 Å². The van der Waals surface area contributed by atoms with Crippen LogP contribution >= 0.6 is 0 Å². The number of hydrogen-bond acceptors (Lipinski definition) is 3. The van der Waals surface area contributed by atoms with Gasteiger partial charge in [0.05, 0.1) is 0 Å². The first-order valence-corrected chi connectivity index (χ1v) is 8.49. The molecule has 4 N–H and O–H groups in total. The molecule has 5 nitrogen and oxygen atoms in total. The zero-order chi connectivity index (χ0) is 18.9. The molecule has 0 saturated carbocycles. The Labute approximate surface area is 152 Å². The van der Waals surface area contributed by atoms with Gasteiger partial charge in [-0.25, -0.2) is 4.79 Å². The van der Waals surface area contributed by atoms with E-state index < -0.39 is 18.0 Å². The molecule has 0 fully saturated rings. The number of carboxylic acids is 2. The van der Waals surface area contributed by atoms with Crippen LogP contribution < -0.4 is 5.73 Å². The predicted octanol–water partition coefficient (Wildman–Crippen LogP) is 3.41. The Morgan fingerprint density at radius 3 is 1.85 bits per heavy atom. The molecule has 0 bridgehead atoms. The van der Waals surface area contributed by atoms with Crippen molar-refractivity contribution in [3.63, 3.8) is 0 Å². The summed E-state index contributed by atoms with van der Waals surface area (Å²) in [4.78, 5) is 22.2. The number of nitrogens with two attached hydrogens (primary N) is 1. The average molecular weight is 353 g/mol. The largest absolute Gasteiger partial charge is 0.480 e. The molecule has 5 heteroatoms. The molecule has 0 amide bonds. The van der Waals surface area contributed by atoms with E-state index in [1.54, 1.807) is 6.08 Å². The first kappa shape index (κ1) is 19.4. The Bertz CT molecular complexity index is 717. The van der Waals surface area contributed by atoms with E-state index in [1.165, 1.54) is 0 Å². The summed E-state index contributed by atoms with van der Waals surface area (Å²) >= 11 is 0. The minimum Gasteiger partial charge on any atom is -0.480 e. The molecule has 0 unspecified atom stereocenters. The van der Waals surface area contributed by atoms with Gasteiger partial charge in [-0.3, -0.25) is 4.79 Å². The van der Waals surface area contributed by atoms with Crippen LogP contribution in [-0.2, 0) is 9.59 Å². The van der Waals surface area contributed by atoms with Crippen LogP contribution in [0.3, 0.4) is 0 Å². The highest BCUT2D eigenvalue weighted by atomic mass is 16.4. The maximum atomic E-state index is 11.4. The van der Waals surface area contributed by atoms with E-state index in [0.717, 1.165) is 11.1 Å². The lowest BCUT2D eigenvalue weighted by Gasteiger charge is -2.17. The molecule has 26 heavy (non-hydrogen) atoms. The normalized spacial score (nSPS) is 12.8. The highest BCUT2D eigenvalue weighted by Crippen LogP contribution is 2.29. The molecule has 0 aliphatic rings. The number of benzene rings is 2. The van der Waals surface area contributed by atoms with Gasteiger partial charge in [-0.15, -0.1) is 0 Å². The van der Waals surface area contributed by atoms with Crippen molar-refractivity contribution in [2.75, 3.05) is 0 Å². The molecule has 0 saturated heterocycles. The molecule has 2 rings (SSSR count). The van der Waals surface area contributed by atoms with Crippen LogP contribution in [0.4, 0.5) is 0 Å². The number of carboxylic acid groups (broad SMARTS) is 2. The Kier molecular flexibility index (Phi) is 7.12. The molecule has 0 heterocycles. The summed E-state index contributed by atoms with van der Waals surface area (Å²) in [6.07, 6.45) is 2.63. The smallest absolute Gasteiger partial charge is 0.331 e. The molecule has 0 aliphatic carbocycles. The summed E-state index contributed by atoms with van der Waals surface area (Å²) in [6.45, 7) is 0. The molecule has 1 atom stereocenters. The van der Waals surface area contributed by atoms with Gasteiger partial charge in [-0.1, -0.05) is 66.7 Å². The Hall–Kier alpha value is -2.92. The molecule has 0 aliphatic heterocycles. The first-order chi connectivity index (χ1) is 12.5. The second-order valence-electron chi connectivity index (χ2n) is 6.13. The van der Waals surface area contributed by atoms with Crippen LogP contribution in [0.1, 0.15) is 36.3 Å². The predicted molar refractivity (Wildman–Crippen MR) is 99.9 cm³/mol. The zero-order valence-electron chi connectivity index (χ0n) is 14.4. The third-order valence-corrected chi connectivity index (χ3v) is 4.28. The maximum Gasteiger partial charge on any atom is 0.331 e. The standard InChI is InChI=1S/C21H23NO4/c22-19(21(25)26)14-17(20(23)24)12-7-13-18(15-8-3-1-4-9-15)16-10-5-2-6-11-16/h1-6,8-12,18-19H,7,13-14,22H2,(H,23,24)(H,25,26)/b17-12-/t19-/m0/s1. The third-order valence-electron chi connectivity index (χ3n) is 4.28. The van der Waals surface area contributed by atoms with Crippen LogP contribution in [0, 0.1) is 0 Å². The Morgan fingerprint density at radius 2 is 1.42 bits per heavy atom. The molecule has 2 aromatic carbocycles. The third kappa shape index (κ3) is 5.57. The van der Waals surface area contributed by atoms with Crippen molar-refractivity contribution >= 4 is 11.9 Å². The second kappa shape index (κ2) is 9.53. The van der Waals surface area contributed by atoms with Crippen molar-refractivity contribution in [2.45, 2.75) is 31.2 Å². The van der Waals surface area contributed by atoms with E-state index in [-0.39, 0.29) is 17.9 Å². The molecule has 0 aromatic heterocycles. The van der Waals surface area contributed by atoms with Gasteiger partial charge in [-0.2, -0.15) is 0 Å². The van der Waals surface area contributed by atoms with Crippen LogP contribution in [0.15, 0.2) is 72.3 Å². The highest BCUT2D eigenvalue weighted by Gasteiger charge is 2.18. The van der Waals surface area contributed by atoms with Crippen molar-refractivity contribution in [3.8, 4) is 0 Å². The maximum absolute atomic E-state index is 11.4. The molecular formula is C21H23NO4. The van der Waals surface area contributed by atoms with Gasteiger partial charge in [0.25, 0.3) is 0 Å². The van der Waals surface area contributed by atoms with Crippen molar-refractivity contribution in [2.24, 2.45) is 5.73 Å². The van der Waals surface area contributed by atoms with Crippen molar-refractivity contribution in [1.29, 1.82) is 0 Å². The fourth-order valence-corrected chi connectivity index (χ4v) is 2.90. The summed E-state index contributed by atoms with van der Waals surface area (Å²) in [5, 5.41) is 18.2. The lowest BCUT2D eigenvalue weighted by Crippen LogP contribution is -2.31. The number of rotatable bonds is 9.